The molecular formula is C21H29ClN2O3. The molecule has 2 aliphatic rings. The molecule has 3 rings (SSSR count). The van der Waals surface area contributed by atoms with Gasteiger partial charge in [0, 0.05) is 18.1 Å². The van der Waals surface area contributed by atoms with Crippen molar-refractivity contribution in [3.05, 3.63) is 34.9 Å². The summed E-state index contributed by atoms with van der Waals surface area (Å²) in [5.41, 5.74) is 1.14. The summed E-state index contributed by atoms with van der Waals surface area (Å²) in [5.74, 6) is 0.406. The minimum Gasteiger partial charge on any atom is -0.466 e. The van der Waals surface area contributed by atoms with Crippen LogP contribution in [-0.4, -0.2) is 36.6 Å². The Balaban J connectivity index is 1.46. The Morgan fingerprint density at radius 2 is 1.85 bits per heavy atom. The van der Waals surface area contributed by atoms with Crippen LogP contribution in [0.5, 0.6) is 0 Å². The molecule has 1 atom stereocenters. The van der Waals surface area contributed by atoms with Crippen LogP contribution in [-0.2, 0) is 9.53 Å². The lowest BCUT2D eigenvalue weighted by molar-refractivity contribution is -0.149. The molecule has 1 aromatic rings. The van der Waals surface area contributed by atoms with Crippen LogP contribution in [0.3, 0.4) is 0 Å². The van der Waals surface area contributed by atoms with Crippen molar-refractivity contribution in [3.63, 3.8) is 0 Å². The predicted octanol–water partition coefficient (Wildman–Crippen LogP) is 4.56. The molecule has 27 heavy (non-hydrogen) atoms. The molecule has 2 amide bonds. The van der Waals surface area contributed by atoms with Gasteiger partial charge in [-0.2, -0.15) is 0 Å². The summed E-state index contributed by atoms with van der Waals surface area (Å²) in [4.78, 5) is 26.5. The number of rotatable bonds is 5. The van der Waals surface area contributed by atoms with Gasteiger partial charge in [-0.25, -0.2) is 4.79 Å². The summed E-state index contributed by atoms with van der Waals surface area (Å²) in [6, 6.07) is 7.92. The van der Waals surface area contributed by atoms with Gasteiger partial charge in [-0.05, 0) is 69.1 Å². The average Bonchev–Trinajstić information content (AvgIpc) is 3.17. The van der Waals surface area contributed by atoms with Gasteiger partial charge in [0.25, 0.3) is 0 Å². The number of carbonyl (C=O) groups is 2. The van der Waals surface area contributed by atoms with Crippen molar-refractivity contribution in [2.75, 3.05) is 19.7 Å². The van der Waals surface area contributed by atoms with Gasteiger partial charge in [-0.15, -0.1) is 0 Å². The zero-order chi connectivity index (χ0) is 19.2. The van der Waals surface area contributed by atoms with Gasteiger partial charge in [0.05, 0.1) is 18.6 Å². The maximum Gasteiger partial charge on any atom is 0.317 e. The second-order valence-corrected chi connectivity index (χ2v) is 8.00. The summed E-state index contributed by atoms with van der Waals surface area (Å²) in [7, 11) is 0. The molecule has 2 fully saturated rings. The topological polar surface area (TPSA) is 58.6 Å². The highest BCUT2D eigenvalue weighted by Crippen LogP contribution is 2.33. The van der Waals surface area contributed by atoms with Gasteiger partial charge >= 0.3 is 12.0 Å². The minimum absolute atomic E-state index is 0.0139. The molecule has 1 aliphatic carbocycles. The molecule has 5 nitrogen and oxygen atoms in total. The number of carbonyl (C=O) groups excluding carboxylic acids is 2. The highest BCUT2D eigenvalue weighted by atomic mass is 35.5. The first-order chi connectivity index (χ1) is 13.1. The molecule has 0 bridgehead atoms. The number of nitrogens with one attached hydrogen (secondary N) is 1. The van der Waals surface area contributed by atoms with Crippen LogP contribution in [0, 0.1) is 11.8 Å². The van der Waals surface area contributed by atoms with Gasteiger partial charge in [0.1, 0.15) is 0 Å². The van der Waals surface area contributed by atoms with E-state index in [0.717, 1.165) is 50.6 Å². The molecule has 0 radical (unpaired) electrons. The number of hydrogen-bond donors (Lipinski definition) is 1. The molecule has 1 aromatic carbocycles. The molecule has 1 aliphatic heterocycles. The minimum atomic E-state index is -0.0668. The van der Waals surface area contributed by atoms with Crippen molar-refractivity contribution in [2.24, 2.45) is 11.8 Å². The van der Waals surface area contributed by atoms with Gasteiger partial charge in [-0.1, -0.05) is 23.7 Å². The molecule has 0 unspecified atom stereocenters. The first-order valence-electron chi connectivity index (χ1n) is 10.0. The monoisotopic (exact) mass is 392 g/mol. The van der Waals surface area contributed by atoms with Crippen molar-refractivity contribution in [2.45, 2.75) is 51.5 Å². The molecule has 0 aromatic heterocycles. The Morgan fingerprint density at radius 1 is 1.15 bits per heavy atom. The predicted molar refractivity (Wildman–Crippen MR) is 106 cm³/mol. The fourth-order valence-electron chi connectivity index (χ4n) is 4.24. The Kier molecular flexibility index (Phi) is 7.00. The van der Waals surface area contributed by atoms with Crippen LogP contribution in [0.1, 0.15) is 57.1 Å². The molecular weight excluding hydrogens is 364 g/mol. The van der Waals surface area contributed by atoms with Crippen LogP contribution in [0.4, 0.5) is 4.79 Å². The zero-order valence-electron chi connectivity index (χ0n) is 16.0. The number of nitrogens with zero attached hydrogens (tertiary/aromatic N) is 1. The Labute approximate surface area is 166 Å². The number of halogens is 1. The fourth-order valence-corrected chi connectivity index (χ4v) is 4.36. The number of urea groups is 1. The van der Waals surface area contributed by atoms with Gasteiger partial charge < -0.3 is 15.0 Å². The molecule has 1 N–H and O–H groups in total. The SMILES string of the molecule is CCOC(=O)C1CCC(CNC(=O)N2CCC[C@H]2c2ccc(Cl)cc2)CC1. The average molecular weight is 393 g/mol. The van der Waals surface area contributed by atoms with E-state index in [1.165, 1.54) is 0 Å². The van der Waals surface area contributed by atoms with Crippen molar-refractivity contribution < 1.29 is 14.3 Å². The first kappa shape index (κ1) is 20.0. The summed E-state index contributed by atoms with van der Waals surface area (Å²) >= 11 is 5.98. The number of likely N-dealkylation sites (tertiary alicyclic amines) is 1. The quantitative estimate of drug-likeness (QED) is 0.747. The lowest BCUT2D eigenvalue weighted by atomic mass is 9.82. The third-order valence-electron chi connectivity index (χ3n) is 5.78. The maximum absolute atomic E-state index is 12.7. The molecule has 148 valence electrons. The van der Waals surface area contributed by atoms with E-state index in [4.69, 9.17) is 16.3 Å². The van der Waals surface area contributed by atoms with Gasteiger partial charge in [-0.3, -0.25) is 4.79 Å². The fraction of sp³-hybridized carbons (Fsp3) is 0.619. The summed E-state index contributed by atoms with van der Waals surface area (Å²) in [6.45, 7) is 3.75. The van der Waals surface area contributed by atoms with E-state index < -0.39 is 0 Å². The van der Waals surface area contributed by atoms with Crippen LogP contribution < -0.4 is 5.32 Å². The van der Waals surface area contributed by atoms with Gasteiger partial charge in [0.15, 0.2) is 0 Å². The molecule has 1 saturated heterocycles. The van der Waals surface area contributed by atoms with Crippen molar-refractivity contribution in [3.8, 4) is 0 Å². The third-order valence-corrected chi connectivity index (χ3v) is 6.03. The highest BCUT2D eigenvalue weighted by molar-refractivity contribution is 6.30. The van der Waals surface area contributed by atoms with Crippen LogP contribution >= 0.6 is 11.6 Å². The lowest BCUT2D eigenvalue weighted by Gasteiger charge is -2.29. The van der Waals surface area contributed by atoms with Crippen molar-refractivity contribution in [1.82, 2.24) is 10.2 Å². The van der Waals surface area contributed by atoms with E-state index in [9.17, 15) is 9.59 Å². The van der Waals surface area contributed by atoms with E-state index >= 15 is 0 Å². The number of ether oxygens (including phenoxy) is 1. The normalized spacial score (nSPS) is 25.3. The van der Waals surface area contributed by atoms with Crippen LogP contribution in [0.15, 0.2) is 24.3 Å². The number of hydrogen-bond acceptors (Lipinski definition) is 3. The zero-order valence-corrected chi connectivity index (χ0v) is 16.7. The largest absolute Gasteiger partial charge is 0.466 e. The number of benzene rings is 1. The van der Waals surface area contributed by atoms with E-state index in [1.54, 1.807) is 0 Å². The summed E-state index contributed by atoms with van der Waals surface area (Å²) in [5, 5.41) is 3.83. The first-order valence-corrected chi connectivity index (χ1v) is 10.4. The lowest BCUT2D eigenvalue weighted by Crippen LogP contribution is -2.42. The van der Waals surface area contributed by atoms with E-state index in [2.05, 4.69) is 5.32 Å². The second-order valence-electron chi connectivity index (χ2n) is 7.56. The van der Waals surface area contributed by atoms with Crippen molar-refractivity contribution in [1.29, 1.82) is 0 Å². The molecule has 6 heteroatoms. The smallest absolute Gasteiger partial charge is 0.317 e. The second kappa shape index (κ2) is 9.45. The van der Waals surface area contributed by atoms with E-state index in [-0.39, 0.29) is 24.0 Å². The van der Waals surface area contributed by atoms with E-state index in [0.29, 0.717) is 24.1 Å². The molecule has 1 heterocycles. The third kappa shape index (κ3) is 5.16. The molecule has 1 saturated carbocycles. The van der Waals surface area contributed by atoms with Crippen molar-refractivity contribution >= 4 is 23.6 Å². The van der Waals surface area contributed by atoms with E-state index in [1.807, 2.05) is 36.1 Å². The summed E-state index contributed by atoms with van der Waals surface area (Å²) < 4.78 is 5.12. The Morgan fingerprint density at radius 3 is 2.52 bits per heavy atom. The number of amides is 2. The Hall–Kier alpha value is -1.75. The number of esters is 1. The maximum atomic E-state index is 12.7. The summed E-state index contributed by atoms with van der Waals surface area (Å²) in [6.07, 6.45) is 5.65. The van der Waals surface area contributed by atoms with Gasteiger partial charge in [0.2, 0.25) is 0 Å². The highest BCUT2D eigenvalue weighted by Gasteiger charge is 2.31. The standard InChI is InChI=1S/C21H29ClN2O3/c1-2-27-20(25)17-7-5-15(6-8-17)14-23-21(26)24-13-3-4-19(24)16-9-11-18(22)12-10-16/h9-12,15,17,19H,2-8,13-14H2,1H3,(H,23,26)/t15?,17?,19-/m0/s1. The van der Waals surface area contributed by atoms with Crippen LogP contribution in [0.25, 0.3) is 0 Å². The Bertz CT molecular complexity index is 641. The van der Waals surface area contributed by atoms with Crippen LogP contribution in [0.2, 0.25) is 5.02 Å². The molecule has 0 spiro atoms.